The number of anilines is 1. The monoisotopic (exact) mass is 301 g/mol. The van der Waals surface area contributed by atoms with Crippen molar-refractivity contribution in [2.24, 2.45) is 0 Å². The highest BCUT2D eigenvalue weighted by Gasteiger charge is 2.06. The summed E-state index contributed by atoms with van der Waals surface area (Å²) in [4.78, 5) is 11.5. The van der Waals surface area contributed by atoms with Gasteiger partial charge in [-0.25, -0.2) is 0 Å². The number of carbonyl (C=O) groups excluding carboxylic acids is 1. The molecule has 0 saturated carbocycles. The molecule has 0 saturated heterocycles. The van der Waals surface area contributed by atoms with Gasteiger partial charge in [-0.05, 0) is 48.0 Å². The average molecular weight is 302 g/mol. The number of methoxy groups -OCH3 is 1. The highest BCUT2D eigenvalue weighted by atomic mass is 79.9. The third kappa shape index (κ3) is 4.75. The molecule has 0 unspecified atom stereocenters. The molecule has 0 radical (unpaired) electrons. The summed E-state index contributed by atoms with van der Waals surface area (Å²) in [5, 5.41) is 2.74. The summed E-state index contributed by atoms with van der Waals surface area (Å²) < 4.78 is 11.1. The smallest absolute Gasteiger partial charge is 0.250 e. The lowest BCUT2D eigenvalue weighted by Crippen LogP contribution is -2.20. The molecule has 1 aromatic carbocycles. The second-order valence-corrected chi connectivity index (χ2v) is 4.61. The number of hydrogen-bond donors (Lipinski definition) is 1. The van der Waals surface area contributed by atoms with Gasteiger partial charge in [0.15, 0.2) is 0 Å². The Morgan fingerprint density at radius 3 is 2.71 bits per heavy atom. The van der Waals surface area contributed by atoms with Gasteiger partial charge in [0, 0.05) is 5.69 Å². The molecule has 0 aliphatic carbocycles. The molecule has 17 heavy (non-hydrogen) atoms. The van der Waals surface area contributed by atoms with E-state index in [9.17, 15) is 4.79 Å². The summed E-state index contributed by atoms with van der Waals surface area (Å²) in [6.45, 7) is 3.83. The van der Waals surface area contributed by atoms with Gasteiger partial charge in [0.1, 0.15) is 12.4 Å². The Balaban J connectivity index is 2.57. The van der Waals surface area contributed by atoms with Crippen LogP contribution in [0.15, 0.2) is 22.7 Å². The topological polar surface area (TPSA) is 47.6 Å². The number of hydrogen-bond acceptors (Lipinski definition) is 3. The molecule has 1 amide bonds. The summed E-state index contributed by atoms with van der Waals surface area (Å²) in [6.07, 6.45) is 0.0448. The normalized spacial score (nSPS) is 10.4. The van der Waals surface area contributed by atoms with Gasteiger partial charge in [0.05, 0.1) is 17.7 Å². The van der Waals surface area contributed by atoms with Crippen molar-refractivity contribution in [3.05, 3.63) is 22.7 Å². The van der Waals surface area contributed by atoms with Crippen molar-refractivity contribution >= 4 is 27.5 Å². The van der Waals surface area contributed by atoms with Crippen molar-refractivity contribution in [1.82, 2.24) is 0 Å². The first kappa shape index (κ1) is 14.0. The van der Waals surface area contributed by atoms with Crippen molar-refractivity contribution in [2.45, 2.75) is 20.0 Å². The van der Waals surface area contributed by atoms with Crippen LogP contribution in [-0.2, 0) is 9.53 Å². The number of rotatable bonds is 5. The molecular weight excluding hydrogens is 286 g/mol. The van der Waals surface area contributed by atoms with Crippen LogP contribution in [0.5, 0.6) is 5.75 Å². The standard InChI is InChI=1S/C12H16BrNO3/c1-8(2)17-7-12(15)14-9-4-5-11(16-3)10(13)6-9/h4-6,8H,7H2,1-3H3,(H,14,15). The van der Waals surface area contributed by atoms with Crippen LogP contribution in [0, 0.1) is 0 Å². The first-order chi connectivity index (χ1) is 8.02. The van der Waals surface area contributed by atoms with Crippen LogP contribution in [-0.4, -0.2) is 25.7 Å². The Bertz CT molecular complexity index is 393. The third-order valence-corrected chi connectivity index (χ3v) is 2.60. The van der Waals surface area contributed by atoms with Gasteiger partial charge >= 0.3 is 0 Å². The molecule has 4 nitrogen and oxygen atoms in total. The molecule has 94 valence electrons. The SMILES string of the molecule is COc1ccc(NC(=O)COC(C)C)cc1Br. The Morgan fingerprint density at radius 1 is 1.47 bits per heavy atom. The van der Waals surface area contributed by atoms with E-state index in [0.29, 0.717) is 5.69 Å². The van der Waals surface area contributed by atoms with Crippen LogP contribution in [0.3, 0.4) is 0 Å². The number of ether oxygens (including phenoxy) is 2. The maximum Gasteiger partial charge on any atom is 0.250 e. The van der Waals surface area contributed by atoms with E-state index in [0.717, 1.165) is 10.2 Å². The molecule has 0 spiro atoms. The van der Waals surface area contributed by atoms with E-state index in [4.69, 9.17) is 9.47 Å². The number of nitrogens with one attached hydrogen (secondary N) is 1. The summed E-state index contributed by atoms with van der Waals surface area (Å²) in [6, 6.07) is 5.34. The molecule has 0 aliphatic heterocycles. The highest BCUT2D eigenvalue weighted by molar-refractivity contribution is 9.10. The van der Waals surface area contributed by atoms with Crippen molar-refractivity contribution in [3.8, 4) is 5.75 Å². The predicted molar refractivity (Wildman–Crippen MR) is 70.4 cm³/mol. The number of carbonyl (C=O) groups is 1. The maximum absolute atomic E-state index is 11.5. The van der Waals surface area contributed by atoms with Gasteiger partial charge in [-0.15, -0.1) is 0 Å². The summed E-state index contributed by atoms with van der Waals surface area (Å²) >= 11 is 3.35. The second-order valence-electron chi connectivity index (χ2n) is 3.76. The minimum Gasteiger partial charge on any atom is -0.496 e. The first-order valence-corrected chi connectivity index (χ1v) is 6.07. The maximum atomic E-state index is 11.5. The fraction of sp³-hybridized carbons (Fsp3) is 0.417. The van der Waals surface area contributed by atoms with E-state index in [-0.39, 0.29) is 18.6 Å². The number of halogens is 1. The van der Waals surface area contributed by atoms with Crippen LogP contribution in [0.25, 0.3) is 0 Å². The fourth-order valence-electron chi connectivity index (χ4n) is 1.18. The zero-order chi connectivity index (χ0) is 12.8. The van der Waals surface area contributed by atoms with Crippen molar-refractivity contribution in [3.63, 3.8) is 0 Å². The van der Waals surface area contributed by atoms with E-state index in [2.05, 4.69) is 21.2 Å². The lowest BCUT2D eigenvalue weighted by molar-refractivity contribution is -0.121. The fourth-order valence-corrected chi connectivity index (χ4v) is 1.72. The van der Waals surface area contributed by atoms with Crippen LogP contribution < -0.4 is 10.1 Å². The quantitative estimate of drug-likeness (QED) is 0.910. The van der Waals surface area contributed by atoms with Crippen molar-refractivity contribution < 1.29 is 14.3 Å². The zero-order valence-electron chi connectivity index (χ0n) is 10.1. The molecule has 1 rings (SSSR count). The van der Waals surface area contributed by atoms with Crippen molar-refractivity contribution in [1.29, 1.82) is 0 Å². The van der Waals surface area contributed by atoms with Crippen LogP contribution in [0.2, 0.25) is 0 Å². The average Bonchev–Trinajstić information content (AvgIpc) is 2.26. The Labute approximate surface area is 109 Å². The molecule has 0 atom stereocenters. The molecule has 0 fully saturated rings. The molecule has 0 heterocycles. The lowest BCUT2D eigenvalue weighted by atomic mass is 10.3. The Kier molecular flexibility index (Phi) is 5.44. The van der Waals surface area contributed by atoms with Gasteiger partial charge in [-0.1, -0.05) is 0 Å². The summed E-state index contributed by atoms with van der Waals surface area (Å²) in [5.74, 6) is 0.553. The van der Waals surface area contributed by atoms with E-state index < -0.39 is 0 Å². The predicted octanol–water partition coefficient (Wildman–Crippen LogP) is 2.82. The summed E-state index contributed by atoms with van der Waals surface area (Å²) in [5.41, 5.74) is 0.704. The van der Waals surface area contributed by atoms with Crippen molar-refractivity contribution in [2.75, 3.05) is 19.0 Å². The van der Waals surface area contributed by atoms with E-state index in [1.807, 2.05) is 13.8 Å². The Hall–Kier alpha value is -1.07. The number of amides is 1. The Morgan fingerprint density at radius 2 is 2.18 bits per heavy atom. The van der Waals surface area contributed by atoms with Gasteiger partial charge in [-0.3, -0.25) is 4.79 Å². The summed E-state index contributed by atoms with van der Waals surface area (Å²) in [7, 11) is 1.59. The first-order valence-electron chi connectivity index (χ1n) is 5.28. The zero-order valence-corrected chi connectivity index (χ0v) is 11.7. The molecule has 1 aromatic rings. The second kappa shape index (κ2) is 6.61. The molecule has 0 bridgehead atoms. The molecule has 0 aliphatic rings. The minimum atomic E-state index is -0.171. The van der Waals surface area contributed by atoms with Gasteiger partial charge < -0.3 is 14.8 Å². The van der Waals surface area contributed by atoms with Crippen LogP contribution in [0.4, 0.5) is 5.69 Å². The van der Waals surface area contributed by atoms with Gasteiger partial charge in [-0.2, -0.15) is 0 Å². The van der Waals surface area contributed by atoms with E-state index in [1.165, 1.54) is 0 Å². The van der Waals surface area contributed by atoms with E-state index in [1.54, 1.807) is 25.3 Å². The van der Waals surface area contributed by atoms with Crippen LogP contribution >= 0.6 is 15.9 Å². The lowest BCUT2D eigenvalue weighted by Gasteiger charge is -2.10. The number of benzene rings is 1. The molecular formula is C12H16BrNO3. The molecule has 5 heteroatoms. The van der Waals surface area contributed by atoms with Gasteiger partial charge in [0.2, 0.25) is 5.91 Å². The van der Waals surface area contributed by atoms with E-state index >= 15 is 0 Å². The third-order valence-electron chi connectivity index (χ3n) is 1.98. The van der Waals surface area contributed by atoms with Gasteiger partial charge in [0.25, 0.3) is 0 Å². The molecule has 1 N–H and O–H groups in total. The van der Waals surface area contributed by atoms with Crippen LogP contribution in [0.1, 0.15) is 13.8 Å². The largest absolute Gasteiger partial charge is 0.496 e. The molecule has 0 aromatic heterocycles. The highest BCUT2D eigenvalue weighted by Crippen LogP contribution is 2.27. The minimum absolute atomic E-state index is 0.0448.